The van der Waals surface area contributed by atoms with Crippen molar-refractivity contribution in [3.05, 3.63) is 48.0 Å². The van der Waals surface area contributed by atoms with Gasteiger partial charge in [0, 0.05) is 39.3 Å². The van der Waals surface area contributed by atoms with Crippen molar-refractivity contribution in [1.29, 1.82) is 0 Å². The van der Waals surface area contributed by atoms with Crippen molar-refractivity contribution >= 4 is 21.6 Å². The third-order valence-electron chi connectivity index (χ3n) is 4.61. The Kier molecular flexibility index (Phi) is 9.56. The average Bonchev–Trinajstić information content (AvgIpc) is 2.74. The minimum Gasteiger partial charge on any atom is -0.490 e. The summed E-state index contributed by atoms with van der Waals surface area (Å²) in [5, 5.41) is 2.74. The number of sulfonamides is 1. The largest absolute Gasteiger partial charge is 0.490 e. The third kappa shape index (κ3) is 7.95. The first kappa shape index (κ1) is 26.5. The van der Waals surface area contributed by atoms with Crippen LogP contribution < -0.4 is 14.8 Å². The zero-order valence-corrected chi connectivity index (χ0v) is 19.9. The van der Waals surface area contributed by atoms with Gasteiger partial charge in [-0.1, -0.05) is 6.07 Å². The number of nitrogens with zero attached hydrogens (tertiary/aromatic N) is 2. The molecule has 0 aliphatic carbocycles. The van der Waals surface area contributed by atoms with Gasteiger partial charge in [-0.25, -0.2) is 12.7 Å². The van der Waals surface area contributed by atoms with Crippen LogP contribution >= 0.6 is 0 Å². The SMILES string of the molecule is CCOc1cc(CN(C)CCC(=O)Nc2ccc(S(=O)(=O)N(C)C)cc2)ccc1OC(F)F. The second kappa shape index (κ2) is 11.9. The third-order valence-corrected chi connectivity index (χ3v) is 6.44. The van der Waals surface area contributed by atoms with Crippen LogP contribution in [0, 0.1) is 0 Å². The lowest BCUT2D eigenvalue weighted by atomic mass is 10.2. The number of rotatable bonds is 12. The molecule has 2 aromatic carbocycles. The highest BCUT2D eigenvalue weighted by molar-refractivity contribution is 7.89. The molecule has 0 saturated carbocycles. The van der Waals surface area contributed by atoms with E-state index >= 15 is 0 Å². The maximum atomic E-state index is 12.5. The van der Waals surface area contributed by atoms with Crippen molar-refractivity contribution < 1.29 is 31.5 Å². The lowest BCUT2D eigenvalue weighted by Gasteiger charge is -2.18. The quantitative estimate of drug-likeness (QED) is 0.496. The molecule has 11 heteroatoms. The Morgan fingerprint density at radius 1 is 1.06 bits per heavy atom. The Morgan fingerprint density at radius 2 is 1.73 bits per heavy atom. The molecular weight excluding hydrogens is 456 g/mol. The van der Waals surface area contributed by atoms with E-state index in [4.69, 9.17) is 4.74 Å². The molecule has 2 aromatic rings. The Hall–Kier alpha value is -2.76. The van der Waals surface area contributed by atoms with Crippen molar-refractivity contribution in [1.82, 2.24) is 9.21 Å². The number of nitrogens with one attached hydrogen (secondary N) is 1. The molecule has 0 saturated heterocycles. The van der Waals surface area contributed by atoms with Crippen molar-refractivity contribution in [3.63, 3.8) is 0 Å². The number of hydrogen-bond acceptors (Lipinski definition) is 6. The Balaban J connectivity index is 1.90. The fraction of sp³-hybridized carbons (Fsp3) is 0.409. The van der Waals surface area contributed by atoms with Gasteiger partial charge in [0.25, 0.3) is 0 Å². The second-order valence-electron chi connectivity index (χ2n) is 7.44. The topological polar surface area (TPSA) is 88.2 Å². The van der Waals surface area contributed by atoms with E-state index in [2.05, 4.69) is 10.1 Å². The van der Waals surface area contributed by atoms with Crippen molar-refractivity contribution in [3.8, 4) is 11.5 Å². The standard InChI is InChI=1S/C22H29F2N3O5S/c1-5-31-20-14-16(6-11-19(20)32-22(23)24)15-27(4)13-12-21(28)25-17-7-9-18(10-8-17)33(29,30)26(2)3/h6-11,14,22H,5,12-13,15H2,1-4H3,(H,25,28). The number of carbonyl (C=O) groups is 1. The fourth-order valence-electron chi connectivity index (χ4n) is 2.94. The number of carbonyl (C=O) groups excluding carboxylic acids is 1. The van der Waals surface area contributed by atoms with Crippen LogP contribution in [0.3, 0.4) is 0 Å². The van der Waals surface area contributed by atoms with Gasteiger partial charge < -0.3 is 19.7 Å². The molecule has 0 radical (unpaired) electrons. The summed E-state index contributed by atoms with van der Waals surface area (Å²) < 4.78 is 60.2. The molecule has 0 aromatic heterocycles. The van der Waals surface area contributed by atoms with Gasteiger partial charge in [0.1, 0.15) is 0 Å². The van der Waals surface area contributed by atoms with Crippen LogP contribution in [0.15, 0.2) is 47.4 Å². The van der Waals surface area contributed by atoms with E-state index in [9.17, 15) is 22.0 Å². The molecule has 0 spiro atoms. The number of alkyl halides is 2. The van der Waals surface area contributed by atoms with Gasteiger partial charge in [0.2, 0.25) is 15.9 Å². The zero-order valence-electron chi connectivity index (χ0n) is 19.0. The van der Waals surface area contributed by atoms with E-state index in [1.54, 1.807) is 19.1 Å². The molecule has 0 heterocycles. The molecule has 0 atom stereocenters. The maximum Gasteiger partial charge on any atom is 0.387 e. The lowest BCUT2D eigenvalue weighted by Crippen LogP contribution is -2.24. The molecule has 8 nitrogen and oxygen atoms in total. The van der Waals surface area contributed by atoms with Crippen LogP contribution in [0.4, 0.5) is 14.5 Å². The second-order valence-corrected chi connectivity index (χ2v) is 9.59. The van der Waals surface area contributed by atoms with Crippen LogP contribution in [0.25, 0.3) is 0 Å². The van der Waals surface area contributed by atoms with Crippen LogP contribution in [0.1, 0.15) is 18.9 Å². The summed E-state index contributed by atoms with van der Waals surface area (Å²) in [6.07, 6.45) is 0.207. The van der Waals surface area contributed by atoms with Gasteiger partial charge in [-0.05, 0) is 55.9 Å². The van der Waals surface area contributed by atoms with Gasteiger partial charge in [-0.2, -0.15) is 8.78 Å². The molecule has 1 amide bonds. The van der Waals surface area contributed by atoms with Crippen LogP contribution in [0.5, 0.6) is 11.5 Å². The van der Waals surface area contributed by atoms with E-state index < -0.39 is 16.6 Å². The molecule has 0 fully saturated rings. The first-order valence-corrected chi connectivity index (χ1v) is 11.7. The van der Waals surface area contributed by atoms with E-state index in [1.807, 2.05) is 11.9 Å². The summed E-state index contributed by atoms with van der Waals surface area (Å²) in [6.45, 7) is 0.0293. The summed E-state index contributed by atoms with van der Waals surface area (Å²) in [6, 6.07) is 10.7. The van der Waals surface area contributed by atoms with Crippen LogP contribution in [0.2, 0.25) is 0 Å². The summed E-state index contributed by atoms with van der Waals surface area (Å²) in [5.41, 5.74) is 1.32. The molecule has 182 valence electrons. The smallest absolute Gasteiger partial charge is 0.387 e. The van der Waals surface area contributed by atoms with E-state index in [-0.39, 0.29) is 28.7 Å². The van der Waals surface area contributed by atoms with Gasteiger partial charge in [-0.15, -0.1) is 0 Å². The summed E-state index contributed by atoms with van der Waals surface area (Å²) >= 11 is 0. The fourth-order valence-corrected chi connectivity index (χ4v) is 3.84. The molecule has 0 unspecified atom stereocenters. The normalized spacial score (nSPS) is 11.8. The number of ether oxygens (including phenoxy) is 2. The molecule has 0 aliphatic rings. The minimum absolute atomic E-state index is 0.0259. The van der Waals surface area contributed by atoms with Crippen LogP contribution in [-0.4, -0.2) is 64.4 Å². The highest BCUT2D eigenvalue weighted by Crippen LogP contribution is 2.30. The monoisotopic (exact) mass is 485 g/mol. The van der Waals surface area contributed by atoms with Gasteiger partial charge in [-0.3, -0.25) is 4.79 Å². The van der Waals surface area contributed by atoms with E-state index in [0.29, 0.717) is 25.4 Å². The maximum absolute atomic E-state index is 12.5. The molecule has 33 heavy (non-hydrogen) atoms. The van der Waals surface area contributed by atoms with E-state index in [1.165, 1.54) is 44.4 Å². The molecule has 2 rings (SSSR count). The first-order valence-electron chi connectivity index (χ1n) is 10.2. The highest BCUT2D eigenvalue weighted by atomic mass is 32.2. The van der Waals surface area contributed by atoms with Crippen LogP contribution in [-0.2, 0) is 21.4 Å². The Morgan fingerprint density at radius 3 is 2.30 bits per heavy atom. The van der Waals surface area contributed by atoms with Crippen molar-refractivity contribution in [2.24, 2.45) is 0 Å². The molecular formula is C22H29F2N3O5S. The summed E-state index contributed by atoms with van der Waals surface area (Å²) in [5.74, 6) is -0.0102. The zero-order chi connectivity index (χ0) is 24.6. The highest BCUT2D eigenvalue weighted by Gasteiger charge is 2.17. The minimum atomic E-state index is -3.53. The molecule has 0 bridgehead atoms. The molecule has 1 N–H and O–H groups in total. The van der Waals surface area contributed by atoms with Gasteiger partial charge in [0.15, 0.2) is 11.5 Å². The first-order chi connectivity index (χ1) is 15.5. The summed E-state index contributed by atoms with van der Waals surface area (Å²) in [7, 11) is 1.20. The van der Waals surface area contributed by atoms with E-state index in [0.717, 1.165) is 9.87 Å². The number of hydrogen-bond donors (Lipinski definition) is 1. The van der Waals surface area contributed by atoms with Crippen molar-refractivity contribution in [2.45, 2.75) is 31.4 Å². The predicted molar refractivity (Wildman–Crippen MR) is 121 cm³/mol. The van der Waals surface area contributed by atoms with Crippen molar-refractivity contribution in [2.75, 3.05) is 39.6 Å². The predicted octanol–water partition coefficient (Wildman–Crippen LogP) is 3.40. The Labute approximate surface area is 193 Å². The molecule has 0 aliphatic heterocycles. The lowest BCUT2D eigenvalue weighted by molar-refractivity contribution is -0.116. The summed E-state index contributed by atoms with van der Waals surface area (Å²) in [4.78, 5) is 14.3. The Bertz CT molecular complexity index is 1030. The van der Waals surface area contributed by atoms with Gasteiger partial charge in [0.05, 0.1) is 11.5 Å². The number of amides is 1. The average molecular weight is 486 g/mol. The number of anilines is 1. The number of benzene rings is 2. The van der Waals surface area contributed by atoms with Gasteiger partial charge >= 0.3 is 6.61 Å². The number of halogens is 2.